The maximum absolute atomic E-state index is 11.8. The summed E-state index contributed by atoms with van der Waals surface area (Å²) in [5.74, 6) is -0.840. The average molecular weight is 721 g/mol. The van der Waals surface area contributed by atoms with Gasteiger partial charge in [-0.15, -0.1) is 0 Å². The molecule has 46 heavy (non-hydrogen) atoms. The summed E-state index contributed by atoms with van der Waals surface area (Å²) in [5, 5.41) is 0. The van der Waals surface area contributed by atoms with Gasteiger partial charge in [-0.05, 0) is 72.5 Å². The number of carbonyl (C=O) groups excluding carboxylic acids is 3. The van der Waals surface area contributed by atoms with Crippen LogP contribution in [0.15, 0.2) is 0 Å². The summed E-state index contributed by atoms with van der Waals surface area (Å²) in [4.78, 5) is 35.5. The third-order valence-electron chi connectivity index (χ3n) is 13.7. The molecule has 6 fully saturated rings. The van der Waals surface area contributed by atoms with Gasteiger partial charge in [0.15, 0.2) is 0 Å². The van der Waals surface area contributed by atoms with Crippen molar-refractivity contribution < 1.29 is 53.3 Å². The average Bonchev–Trinajstić information content (AvgIpc) is 3.48. The number of hydrogen-bond acceptors (Lipinski definition) is 12. The number of fused-ring (bicyclic) bond motifs is 6. The number of rotatable bonds is 6. The molecule has 0 amide bonds. The normalized spacial score (nSPS) is 37.8. The van der Waals surface area contributed by atoms with E-state index >= 15 is 0 Å². The molecule has 6 aliphatic rings. The van der Waals surface area contributed by atoms with Gasteiger partial charge in [-0.1, -0.05) is 41.5 Å². The molecule has 6 unspecified atom stereocenters. The first kappa shape index (κ1) is 39.7. The maximum atomic E-state index is 11.8. The van der Waals surface area contributed by atoms with Crippen LogP contribution in [-0.2, 0) is 44.7 Å². The van der Waals surface area contributed by atoms with Gasteiger partial charge in [0.2, 0.25) is 0 Å². The summed E-state index contributed by atoms with van der Waals surface area (Å²) in [7, 11) is -13.0. The Bertz CT molecular complexity index is 1420. The molecular formula is C30H45AlO12S3. The van der Waals surface area contributed by atoms with Crippen molar-refractivity contribution in [1.29, 1.82) is 0 Å². The standard InChI is InChI=1S/3C10H16O4S.Al/c3*1-9(2)7-3-4-10(9,8(11)5-7)6-15(12,13)14;/h3*7H,3-6H2,1-2H3,(H,12,13,14);/q;;;+3/p-3. The summed E-state index contributed by atoms with van der Waals surface area (Å²) >= 11 is 0. The fourth-order valence-electron chi connectivity index (χ4n) is 10.2. The molecule has 0 saturated heterocycles. The van der Waals surface area contributed by atoms with Crippen molar-refractivity contribution in [3.63, 3.8) is 0 Å². The third kappa shape index (κ3) is 6.36. The van der Waals surface area contributed by atoms with Crippen molar-refractivity contribution in [3.05, 3.63) is 0 Å². The van der Waals surface area contributed by atoms with Crippen molar-refractivity contribution in [2.45, 2.75) is 99.3 Å². The molecule has 6 rings (SSSR count). The second-order valence-electron chi connectivity index (χ2n) is 16.1. The van der Waals surface area contributed by atoms with Gasteiger partial charge in [-0.2, -0.15) is 0 Å². The number of hydrogen-bond donors (Lipinski definition) is 0. The quantitative estimate of drug-likeness (QED) is 0.285. The molecule has 0 N–H and O–H groups in total. The van der Waals surface area contributed by atoms with Crippen molar-refractivity contribution in [2.24, 2.45) is 50.2 Å². The van der Waals surface area contributed by atoms with E-state index in [2.05, 4.69) is 0 Å². The molecule has 6 atom stereocenters. The topological polar surface area (TPSA) is 223 Å². The Morgan fingerprint density at radius 3 is 0.804 bits per heavy atom. The molecule has 258 valence electrons. The molecule has 0 spiro atoms. The van der Waals surface area contributed by atoms with E-state index in [4.69, 9.17) is 0 Å². The summed E-state index contributed by atoms with van der Waals surface area (Å²) in [6.07, 6.45) is 5.63. The largest absolute Gasteiger partial charge is 3.00 e. The Morgan fingerprint density at radius 1 is 0.500 bits per heavy atom. The number of carbonyl (C=O) groups is 3. The van der Waals surface area contributed by atoms with Crippen LogP contribution in [0.1, 0.15) is 99.3 Å². The molecular weight excluding hydrogens is 676 g/mol. The van der Waals surface area contributed by atoms with Crippen LogP contribution < -0.4 is 0 Å². The molecule has 0 aromatic carbocycles. The zero-order chi connectivity index (χ0) is 34.4. The van der Waals surface area contributed by atoms with Gasteiger partial charge in [-0.3, -0.25) is 14.4 Å². The minimum atomic E-state index is -4.33. The van der Waals surface area contributed by atoms with E-state index in [0.717, 1.165) is 19.3 Å². The van der Waals surface area contributed by atoms with Gasteiger partial charge < -0.3 is 13.7 Å². The molecule has 0 aromatic heterocycles. The van der Waals surface area contributed by atoms with Crippen LogP contribution in [0, 0.1) is 50.2 Å². The van der Waals surface area contributed by atoms with Gasteiger partial charge in [-0.25, -0.2) is 25.3 Å². The maximum Gasteiger partial charge on any atom is 3.00 e. The van der Waals surface area contributed by atoms with Gasteiger partial charge >= 0.3 is 17.4 Å². The first-order valence-corrected chi connectivity index (χ1v) is 20.2. The van der Waals surface area contributed by atoms with Gasteiger partial charge in [0, 0.05) is 35.5 Å². The van der Waals surface area contributed by atoms with Crippen molar-refractivity contribution >= 4 is 65.1 Å². The first-order chi connectivity index (χ1) is 20.1. The van der Waals surface area contributed by atoms with Crippen LogP contribution in [0.5, 0.6) is 0 Å². The summed E-state index contributed by atoms with van der Waals surface area (Å²) < 4.78 is 98.1. The van der Waals surface area contributed by atoms with E-state index in [-0.39, 0.29) is 68.7 Å². The van der Waals surface area contributed by atoms with Gasteiger partial charge in [0.25, 0.3) is 0 Å². The minimum Gasteiger partial charge on any atom is -0.748 e. The van der Waals surface area contributed by atoms with Crippen LogP contribution in [0.25, 0.3) is 0 Å². The fourth-order valence-corrected chi connectivity index (χ4v) is 14.1. The molecule has 12 nitrogen and oxygen atoms in total. The monoisotopic (exact) mass is 720 g/mol. The molecule has 6 bridgehead atoms. The minimum absolute atomic E-state index is 0. The van der Waals surface area contributed by atoms with E-state index in [1.54, 1.807) is 0 Å². The molecule has 0 aromatic rings. The van der Waals surface area contributed by atoms with E-state index in [1.165, 1.54) is 0 Å². The summed E-state index contributed by atoms with van der Waals surface area (Å²) in [5.41, 5.74) is -3.67. The molecule has 6 saturated carbocycles. The predicted molar refractivity (Wildman–Crippen MR) is 165 cm³/mol. The van der Waals surface area contributed by atoms with Crippen molar-refractivity contribution in [1.82, 2.24) is 0 Å². The van der Waals surface area contributed by atoms with Crippen LogP contribution >= 0.6 is 0 Å². The van der Waals surface area contributed by atoms with Crippen molar-refractivity contribution in [3.8, 4) is 0 Å². The smallest absolute Gasteiger partial charge is 0.748 e. The van der Waals surface area contributed by atoms with Gasteiger partial charge in [0.1, 0.15) is 17.3 Å². The zero-order valence-corrected chi connectivity index (χ0v) is 31.0. The third-order valence-corrected chi connectivity index (χ3v) is 16.2. The fraction of sp³-hybridized carbons (Fsp3) is 0.900. The SMILES string of the molecule is CC1(C)C2CCC1(CS(=O)(=O)[O-])C(=O)C2.CC1(C)C2CCC1(CS(=O)(=O)[O-])C(=O)C2.CC1(C)C2CCC1(CS(=O)(=O)[O-])C(=O)C2.[Al+3]. The summed E-state index contributed by atoms with van der Waals surface area (Å²) in [6, 6.07) is 0. The summed E-state index contributed by atoms with van der Waals surface area (Å²) in [6.45, 7) is 11.5. The van der Waals surface area contributed by atoms with Crippen molar-refractivity contribution in [2.75, 3.05) is 17.3 Å². The molecule has 0 radical (unpaired) electrons. The molecule has 0 heterocycles. The van der Waals surface area contributed by atoms with E-state index in [0.29, 0.717) is 38.5 Å². The Hall–Kier alpha value is -0.728. The van der Waals surface area contributed by atoms with E-state index < -0.39 is 63.9 Å². The Morgan fingerprint density at radius 2 is 0.696 bits per heavy atom. The number of Topliss-reactive ketones (excluding diaryl/α,β-unsaturated/α-hetero) is 3. The zero-order valence-electron chi connectivity index (χ0n) is 27.4. The molecule has 6 aliphatic carbocycles. The van der Waals surface area contributed by atoms with Gasteiger partial charge in [0.05, 0.1) is 47.6 Å². The first-order valence-electron chi connectivity index (χ1n) is 15.5. The Balaban J connectivity index is 0.000000186. The predicted octanol–water partition coefficient (Wildman–Crippen LogP) is 2.40. The van der Waals surface area contributed by atoms with Crippen LogP contribution in [0.3, 0.4) is 0 Å². The van der Waals surface area contributed by atoms with Crippen LogP contribution in [0.4, 0.5) is 0 Å². The van der Waals surface area contributed by atoms with Crippen LogP contribution in [-0.4, -0.2) is 90.9 Å². The van der Waals surface area contributed by atoms with E-state index in [1.807, 2.05) is 41.5 Å². The van der Waals surface area contributed by atoms with Crippen LogP contribution in [0.2, 0.25) is 0 Å². The second kappa shape index (κ2) is 12.0. The molecule has 0 aliphatic heterocycles. The molecule has 16 heteroatoms. The van der Waals surface area contributed by atoms with E-state index in [9.17, 15) is 53.3 Å². The second-order valence-corrected chi connectivity index (χ2v) is 20.3. The number of ketones is 3. The Kier molecular flexibility index (Phi) is 10.3. The Labute approximate surface area is 284 Å².